The molecule has 2 fully saturated rings. The summed E-state index contributed by atoms with van der Waals surface area (Å²) >= 11 is 0. The van der Waals surface area contributed by atoms with Crippen LogP contribution in [0.15, 0.2) is 48.5 Å². The number of urea groups is 1. The maximum absolute atomic E-state index is 13.2. The summed E-state index contributed by atoms with van der Waals surface area (Å²) in [4.78, 5) is 15.1. The van der Waals surface area contributed by atoms with Gasteiger partial charge in [-0.15, -0.1) is 0 Å². The van der Waals surface area contributed by atoms with Crippen molar-refractivity contribution in [3.8, 4) is 0 Å². The monoisotopic (exact) mass is 395 g/mol. The Hall–Kier alpha value is -2.40. The van der Waals surface area contributed by atoms with E-state index in [9.17, 15) is 9.18 Å². The van der Waals surface area contributed by atoms with Crippen molar-refractivity contribution in [2.75, 3.05) is 18.4 Å². The van der Waals surface area contributed by atoms with Crippen molar-refractivity contribution in [1.82, 2.24) is 10.2 Å². The molecule has 1 aliphatic carbocycles. The maximum Gasteiger partial charge on any atom is 0.319 e. The van der Waals surface area contributed by atoms with E-state index in [2.05, 4.69) is 15.5 Å². The van der Waals surface area contributed by atoms with Crippen LogP contribution >= 0.6 is 0 Å². The van der Waals surface area contributed by atoms with Crippen molar-refractivity contribution in [3.05, 3.63) is 65.5 Å². The van der Waals surface area contributed by atoms with Crippen LogP contribution < -0.4 is 10.6 Å². The summed E-state index contributed by atoms with van der Waals surface area (Å²) in [6.07, 6.45) is 6.47. The summed E-state index contributed by atoms with van der Waals surface area (Å²) in [6.45, 7) is 3.99. The topological polar surface area (TPSA) is 44.4 Å². The largest absolute Gasteiger partial charge is 0.331 e. The molecule has 1 saturated heterocycles. The van der Waals surface area contributed by atoms with E-state index in [1.807, 2.05) is 43.3 Å². The smallest absolute Gasteiger partial charge is 0.319 e. The molecule has 2 N–H and O–H groups in total. The van der Waals surface area contributed by atoms with Crippen molar-refractivity contribution >= 4 is 11.7 Å². The van der Waals surface area contributed by atoms with Gasteiger partial charge in [0.2, 0.25) is 0 Å². The molecule has 154 valence electrons. The third-order valence-electron chi connectivity index (χ3n) is 6.39. The van der Waals surface area contributed by atoms with E-state index in [-0.39, 0.29) is 17.4 Å². The summed E-state index contributed by atoms with van der Waals surface area (Å²) in [7, 11) is 0. The Morgan fingerprint density at radius 3 is 2.48 bits per heavy atom. The maximum atomic E-state index is 13.2. The molecule has 1 unspecified atom stereocenters. The number of aryl methyl sites for hydroxylation is 1. The van der Waals surface area contributed by atoms with Gasteiger partial charge in [0.05, 0.1) is 5.54 Å². The number of carbonyl (C=O) groups excluding carboxylic acids is 1. The van der Waals surface area contributed by atoms with Crippen LogP contribution in [0, 0.1) is 12.7 Å². The van der Waals surface area contributed by atoms with E-state index in [0.717, 1.165) is 50.9 Å². The Labute approximate surface area is 172 Å². The van der Waals surface area contributed by atoms with Gasteiger partial charge in [-0.05, 0) is 81.8 Å². The molecule has 4 rings (SSSR count). The zero-order chi connectivity index (χ0) is 20.3. The minimum Gasteiger partial charge on any atom is -0.331 e. The first-order valence-corrected chi connectivity index (χ1v) is 10.7. The minimum atomic E-state index is -0.186. The molecule has 2 aromatic carbocycles. The van der Waals surface area contributed by atoms with E-state index >= 15 is 0 Å². The predicted molar refractivity (Wildman–Crippen MR) is 115 cm³/mol. The van der Waals surface area contributed by atoms with Gasteiger partial charge >= 0.3 is 6.03 Å². The average molecular weight is 396 g/mol. The summed E-state index contributed by atoms with van der Waals surface area (Å²) < 4.78 is 13.2. The lowest BCUT2D eigenvalue weighted by Gasteiger charge is -2.46. The Balaban J connectivity index is 1.36. The van der Waals surface area contributed by atoms with Crippen molar-refractivity contribution in [2.45, 2.75) is 57.0 Å². The van der Waals surface area contributed by atoms with Crippen molar-refractivity contribution < 1.29 is 9.18 Å². The van der Waals surface area contributed by atoms with Crippen LogP contribution in [0.25, 0.3) is 0 Å². The fraction of sp³-hybridized carbons (Fsp3) is 0.458. The number of nitrogens with one attached hydrogen (secondary N) is 2. The Kier molecular flexibility index (Phi) is 5.86. The number of halogens is 1. The zero-order valence-electron chi connectivity index (χ0n) is 17.1. The molecule has 2 aliphatic rings. The average Bonchev–Trinajstić information content (AvgIpc) is 3.10. The van der Waals surface area contributed by atoms with Gasteiger partial charge in [0.1, 0.15) is 5.82 Å². The predicted octanol–water partition coefficient (Wildman–Crippen LogP) is 4.89. The molecule has 2 aromatic rings. The second-order valence-corrected chi connectivity index (χ2v) is 8.68. The number of hydrogen-bond donors (Lipinski definition) is 2. The van der Waals surface area contributed by atoms with Crippen LogP contribution in [-0.4, -0.2) is 35.6 Å². The van der Waals surface area contributed by atoms with Gasteiger partial charge in [0.15, 0.2) is 0 Å². The minimum absolute atomic E-state index is 0.122. The number of likely N-dealkylation sites (tertiary alicyclic amines) is 1. The molecule has 0 bridgehead atoms. The van der Waals surface area contributed by atoms with Crippen molar-refractivity contribution in [2.24, 2.45) is 0 Å². The molecular formula is C24H30FN3O. The van der Waals surface area contributed by atoms with Crippen molar-refractivity contribution in [1.29, 1.82) is 0 Å². The van der Waals surface area contributed by atoms with Gasteiger partial charge in [-0.2, -0.15) is 0 Å². The van der Waals surface area contributed by atoms with Gasteiger partial charge in [-0.1, -0.05) is 29.8 Å². The Bertz CT molecular complexity index is 830. The third-order valence-corrected chi connectivity index (χ3v) is 6.39. The van der Waals surface area contributed by atoms with E-state index < -0.39 is 0 Å². The normalized spacial score (nSPS) is 20.8. The molecule has 0 aromatic heterocycles. The number of carbonyl (C=O) groups is 1. The van der Waals surface area contributed by atoms with Gasteiger partial charge in [-0.3, -0.25) is 4.90 Å². The number of benzene rings is 2. The highest BCUT2D eigenvalue weighted by Crippen LogP contribution is 2.35. The number of rotatable bonds is 6. The summed E-state index contributed by atoms with van der Waals surface area (Å²) in [5.41, 5.74) is 3.03. The first-order chi connectivity index (χ1) is 14.0. The summed E-state index contributed by atoms with van der Waals surface area (Å²) in [6, 6.07) is 15.1. The molecule has 1 atom stereocenters. The van der Waals surface area contributed by atoms with Crippen LogP contribution in [-0.2, 0) is 6.42 Å². The number of hydrogen-bond acceptors (Lipinski definition) is 2. The molecule has 0 radical (unpaired) electrons. The lowest BCUT2D eigenvalue weighted by atomic mass is 9.76. The SMILES string of the molecule is Cc1ccc(NC(=O)NC2(CN3CCCC3Cc3ccc(F)cc3)CCC2)cc1. The zero-order valence-corrected chi connectivity index (χ0v) is 17.1. The number of anilines is 1. The van der Waals surface area contributed by atoms with E-state index in [4.69, 9.17) is 0 Å². The van der Waals surface area contributed by atoms with Gasteiger partial charge in [0, 0.05) is 18.3 Å². The molecule has 4 nitrogen and oxygen atoms in total. The van der Waals surface area contributed by atoms with E-state index in [1.165, 1.54) is 17.5 Å². The fourth-order valence-electron chi connectivity index (χ4n) is 4.58. The standard InChI is InChI=1S/C24H30FN3O/c1-18-5-11-21(12-6-18)26-23(29)27-24(13-3-14-24)17-28-15-2-4-22(28)16-19-7-9-20(25)10-8-19/h5-12,22H,2-4,13-17H2,1H3,(H2,26,27,29). The fourth-order valence-corrected chi connectivity index (χ4v) is 4.58. The van der Waals surface area contributed by atoms with E-state index in [0.29, 0.717) is 6.04 Å². The number of amides is 2. The second-order valence-electron chi connectivity index (χ2n) is 8.68. The second kappa shape index (κ2) is 8.54. The quantitative estimate of drug-likeness (QED) is 0.732. The van der Waals surface area contributed by atoms with Crippen LogP contribution in [0.5, 0.6) is 0 Å². The molecule has 1 aliphatic heterocycles. The van der Waals surface area contributed by atoms with E-state index in [1.54, 1.807) is 12.1 Å². The highest BCUT2D eigenvalue weighted by molar-refractivity contribution is 5.89. The van der Waals surface area contributed by atoms with Gasteiger partial charge in [0.25, 0.3) is 0 Å². The van der Waals surface area contributed by atoms with Crippen molar-refractivity contribution in [3.63, 3.8) is 0 Å². The highest BCUT2D eigenvalue weighted by Gasteiger charge is 2.42. The summed E-state index contributed by atoms with van der Waals surface area (Å²) in [5.74, 6) is -0.186. The third kappa shape index (κ3) is 4.96. The molecule has 0 spiro atoms. The molecule has 1 heterocycles. The van der Waals surface area contributed by atoms with Crippen LogP contribution in [0.2, 0.25) is 0 Å². The first-order valence-electron chi connectivity index (χ1n) is 10.7. The first kappa shape index (κ1) is 19.9. The highest BCUT2D eigenvalue weighted by atomic mass is 19.1. The van der Waals surface area contributed by atoms with Crippen LogP contribution in [0.1, 0.15) is 43.2 Å². The molecule has 5 heteroatoms. The van der Waals surface area contributed by atoms with Gasteiger partial charge < -0.3 is 10.6 Å². The van der Waals surface area contributed by atoms with Crippen LogP contribution in [0.4, 0.5) is 14.9 Å². The van der Waals surface area contributed by atoms with Crippen LogP contribution in [0.3, 0.4) is 0 Å². The lowest BCUT2D eigenvalue weighted by molar-refractivity contribution is 0.109. The molecule has 2 amide bonds. The lowest BCUT2D eigenvalue weighted by Crippen LogP contribution is -2.61. The number of nitrogens with zero attached hydrogens (tertiary/aromatic N) is 1. The summed E-state index contributed by atoms with van der Waals surface area (Å²) in [5, 5.41) is 6.24. The molecule has 1 saturated carbocycles. The Morgan fingerprint density at radius 1 is 1.10 bits per heavy atom. The van der Waals surface area contributed by atoms with Gasteiger partial charge in [-0.25, -0.2) is 9.18 Å². The Morgan fingerprint density at radius 2 is 1.83 bits per heavy atom. The molecule has 29 heavy (non-hydrogen) atoms. The molecular weight excluding hydrogens is 365 g/mol.